The number of hydrogen-bond donors (Lipinski definition) is 0. The predicted molar refractivity (Wildman–Crippen MR) is 55.4 cm³/mol. The van der Waals surface area contributed by atoms with Crippen LogP contribution < -0.4 is 0 Å². The number of rotatable bonds is 1. The molecule has 0 amide bonds. The first kappa shape index (κ1) is 8.77. The van der Waals surface area contributed by atoms with E-state index in [2.05, 4.69) is 34.1 Å². The van der Waals surface area contributed by atoms with Crippen LogP contribution in [0.25, 0.3) is 0 Å². The molecule has 0 radical (unpaired) electrons. The third kappa shape index (κ3) is 1.62. The van der Waals surface area contributed by atoms with E-state index in [0.29, 0.717) is 0 Å². The fourth-order valence-corrected chi connectivity index (χ4v) is 2.10. The van der Waals surface area contributed by atoms with Crippen molar-refractivity contribution >= 4 is 15.9 Å². The molecule has 66 valence electrons. The van der Waals surface area contributed by atoms with Gasteiger partial charge in [0, 0.05) is 4.47 Å². The zero-order chi connectivity index (χ0) is 9.26. The van der Waals surface area contributed by atoms with Crippen LogP contribution >= 0.6 is 15.9 Å². The predicted octanol–water partition coefficient (Wildman–Crippen LogP) is 3.59. The highest BCUT2D eigenvalue weighted by Crippen LogP contribution is 2.37. The maximum absolute atomic E-state index is 8.74. The summed E-state index contributed by atoms with van der Waals surface area (Å²) in [7, 11) is 0. The van der Waals surface area contributed by atoms with Crippen LogP contribution in [0.4, 0.5) is 0 Å². The Labute approximate surface area is 86.5 Å². The molecule has 1 aromatic carbocycles. The average Bonchev–Trinajstić information content (AvgIpc) is 2.01. The zero-order valence-corrected chi connectivity index (χ0v) is 8.84. The lowest BCUT2D eigenvalue weighted by Crippen LogP contribution is -2.08. The summed E-state index contributed by atoms with van der Waals surface area (Å²) in [4.78, 5) is 0. The molecule has 2 rings (SSSR count). The first-order valence-electron chi connectivity index (χ1n) is 4.51. The lowest BCUT2D eigenvalue weighted by atomic mass is 9.80. The van der Waals surface area contributed by atoms with Crippen molar-refractivity contribution in [3.05, 3.63) is 33.8 Å². The van der Waals surface area contributed by atoms with Crippen molar-refractivity contribution in [2.45, 2.75) is 25.2 Å². The Hall–Kier alpha value is -0.810. The largest absolute Gasteiger partial charge is 0.192 e. The SMILES string of the molecule is N#Cc1ccc(C2CCC2)cc1Br. The molecule has 13 heavy (non-hydrogen) atoms. The summed E-state index contributed by atoms with van der Waals surface area (Å²) in [5.74, 6) is 0.740. The van der Waals surface area contributed by atoms with E-state index in [-0.39, 0.29) is 0 Å². The minimum atomic E-state index is 0.725. The molecule has 0 saturated heterocycles. The molecular formula is C11H10BrN. The summed E-state index contributed by atoms with van der Waals surface area (Å²) in [6, 6.07) is 8.21. The topological polar surface area (TPSA) is 23.8 Å². The molecule has 1 aromatic rings. The maximum atomic E-state index is 8.74. The smallest absolute Gasteiger partial charge is 0.100 e. The van der Waals surface area contributed by atoms with Gasteiger partial charge in [0.1, 0.15) is 6.07 Å². The zero-order valence-electron chi connectivity index (χ0n) is 7.26. The van der Waals surface area contributed by atoms with E-state index >= 15 is 0 Å². The van der Waals surface area contributed by atoms with Crippen molar-refractivity contribution in [3.63, 3.8) is 0 Å². The van der Waals surface area contributed by atoms with Gasteiger partial charge in [-0.3, -0.25) is 0 Å². The van der Waals surface area contributed by atoms with Gasteiger partial charge in [0.05, 0.1) is 5.56 Å². The Morgan fingerprint density at radius 3 is 2.62 bits per heavy atom. The van der Waals surface area contributed by atoms with Gasteiger partial charge in [-0.05, 0) is 52.4 Å². The van der Waals surface area contributed by atoms with Gasteiger partial charge in [-0.15, -0.1) is 0 Å². The molecule has 0 atom stereocenters. The Morgan fingerprint density at radius 2 is 2.15 bits per heavy atom. The van der Waals surface area contributed by atoms with Crippen molar-refractivity contribution < 1.29 is 0 Å². The van der Waals surface area contributed by atoms with Crippen molar-refractivity contribution in [1.82, 2.24) is 0 Å². The van der Waals surface area contributed by atoms with Crippen LogP contribution in [0.1, 0.15) is 36.3 Å². The van der Waals surface area contributed by atoms with Gasteiger partial charge in [0.2, 0.25) is 0 Å². The molecule has 1 nitrogen and oxygen atoms in total. The Balaban J connectivity index is 2.30. The molecule has 0 N–H and O–H groups in total. The molecule has 0 bridgehead atoms. The second-order valence-electron chi connectivity index (χ2n) is 3.48. The number of benzene rings is 1. The highest BCUT2D eigenvalue weighted by atomic mass is 79.9. The third-order valence-corrected chi connectivity index (χ3v) is 3.35. The number of halogens is 1. The third-order valence-electron chi connectivity index (χ3n) is 2.69. The molecule has 1 aliphatic rings. The van der Waals surface area contributed by atoms with E-state index < -0.39 is 0 Å². The molecule has 1 saturated carbocycles. The fourth-order valence-electron chi connectivity index (χ4n) is 1.62. The molecule has 0 spiro atoms. The lowest BCUT2D eigenvalue weighted by Gasteiger charge is -2.25. The summed E-state index contributed by atoms with van der Waals surface area (Å²) in [5, 5.41) is 8.74. The van der Waals surface area contributed by atoms with Crippen molar-refractivity contribution in [1.29, 1.82) is 5.26 Å². The van der Waals surface area contributed by atoms with Gasteiger partial charge in [0.25, 0.3) is 0 Å². The second kappa shape index (κ2) is 3.51. The molecular weight excluding hydrogens is 226 g/mol. The first-order chi connectivity index (χ1) is 6.31. The minimum absolute atomic E-state index is 0.725. The quantitative estimate of drug-likeness (QED) is 0.730. The summed E-state index contributed by atoms with van der Waals surface area (Å²) in [5.41, 5.74) is 2.10. The Morgan fingerprint density at radius 1 is 1.38 bits per heavy atom. The highest BCUT2D eigenvalue weighted by Gasteiger charge is 2.19. The van der Waals surface area contributed by atoms with Crippen molar-refractivity contribution in [3.8, 4) is 6.07 Å². The molecule has 1 fully saturated rings. The second-order valence-corrected chi connectivity index (χ2v) is 4.33. The summed E-state index contributed by atoms with van der Waals surface area (Å²) in [6.07, 6.45) is 3.96. The van der Waals surface area contributed by atoms with Gasteiger partial charge in [-0.2, -0.15) is 5.26 Å². The van der Waals surface area contributed by atoms with Crippen LogP contribution in [-0.4, -0.2) is 0 Å². The number of nitriles is 1. The van der Waals surface area contributed by atoms with E-state index in [1.54, 1.807) is 0 Å². The molecule has 2 heteroatoms. The Kier molecular flexibility index (Phi) is 2.37. The lowest BCUT2D eigenvalue weighted by molar-refractivity contribution is 0.419. The molecule has 1 aliphatic carbocycles. The summed E-state index contributed by atoms with van der Waals surface area (Å²) < 4.78 is 0.930. The number of hydrogen-bond acceptors (Lipinski definition) is 1. The monoisotopic (exact) mass is 235 g/mol. The van der Waals surface area contributed by atoms with E-state index in [1.165, 1.54) is 24.8 Å². The van der Waals surface area contributed by atoms with Gasteiger partial charge in [-0.25, -0.2) is 0 Å². The van der Waals surface area contributed by atoms with Crippen LogP contribution in [0.2, 0.25) is 0 Å². The summed E-state index contributed by atoms with van der Waals surface area (Å²) in [6.45, 7) is 0. The standard InChI is InChI=1S/C11H10BrN/c12-11-6-9(8-2-1-3-8)4-5-10(11)7-13/h4-6,8H,1-3H2. The highest BCUT2D eigenvalue weighted by molar-refractivity contribution is 9.10. The van der Waals surface area contributed by atoms with Crippen molar-refractivity contribution in [2.75, 3.05) is 0 Å². The van der Waals surface area contributed by atoms with Crippen LogP contribution in [0, 0.1) is 11.3 Å². The normalized spacial score (nSPS) is 16.3. The first-order valence-corrected chi connectivity index (χ1v) is 5.30. The van der Waals surface area contributed by atoms with Gasteiger partial charge in [-0.1, -0.05) is 12.5 Å². The molecule has 0 aliphatic heterocycles. The average molecular weight is 236 g/mol. The van der Waals surface area contributed by atoms with Gasteiger partial charge >= 0.3 is 0 Å². The molecule has 0 unspecified atom stereocenters. The van der Waals surface area contributed by atoms with Gasteiger partial charge < -0.3 is 0 Å². The van der Waals surface area contributed by atoms with E-state index in [9.17, 15) is 0 Å². The minimum Gasteiger partial charge on any atom is -0.192 e. The van der Waals surface area contributed by atoms with E-state index in [4.69, 9.17) is 5.26 Å². The van der Waals surface area contributed by atoms with Crippen LogP contribution in [-0.2, 0) is 0 Å². The molecule has 0 heterocycles. The molecule has 0 aromatic heterocycles. The Bertz CT molecular complexity index is 361. The summed E-state index contributed by atoms with van der Waals surface area (Å²) >= 11 is 3.41. The number of nitrogens with zero attached hydrogens (tertiary/aromatic N) is 1. The van der Waals surface area contributed by atoms with Crippen LogP contribution in [0.5, 0.6) is 0 Å². The van der Waals surface area contributed by atoms with E-state index in [1.807, 2.05) is 6.07 Å². The fraction of sp³-hybridized carbons (Fsp3) is 0.364. The van der Waals surface area contributed by atoms with E-state index in [0.717, 1.165) is 16.0 Å². The maximum Gasteiger partial charge on any atom is 0.100 e. The van der Waals surface area contributed by atoms with Crippen LogP contribution in [0.3, 0.4) is 0 Å². The van der Waals surface area contributed by atoms with Gasteiger partial charge in [0.15, 0.2) is 0 Å². The van der Waals surface area contributed by atoms with Crippen molar-refractivity contribution in [2.24, 2.45) is 0 Å². The van der Waals surface area contributed by atoms with Crippen LogP contribution in [0.15, 0.2) is 22.7 Å².